The number of carbonyl (C=O) groups is 1. The highest BCUT2D eigenvalue weighted by Gasteiger charge is 2.47. The summed E-state index contributed by atoms with van der Waals surface area (Å²) in [6.45, 7) is 2.22. The molecule has 0 aromatic heterocycles. The van der Waals surface area contributed by atoms with Crippen molar-refractivity contribution in [3.63, 3.8) is 0 Å². The van der Waals surface area contributed by atoms with Gasteiger partial charge in [-0.05, 0) is 19.3 Å². The third-order valence-electron chi connectivity index (χ3n) is 3.62. The molecule has 0 heterocycles. The van der Waals surface area contributed by atoms with Crippen LogP contribution >= 0.6 is 11.6 Å². The number of hydrogen-bond donors (Lipinski definition) is 1. The number of alkyl halides is 4. The summed E-state index contributed by atoms with van der Waals surface area (Å²) in [5.41, 5.74) is 0. The maximum Gasteiger partial charge on any atom is 0.392 e. The van der Waals surface area contributed by atoms with E-state index < -0.39 is 23.9 Å². The molecule has 1 rings (SSSR count). The summed E-state index contributed by atoms with van der Waals surface area (Å²) in [5, 5.41) is 2.36. The van der Waals surface area contributed by atoms with Crippen molar-refractivity contribution >= 4 is 17.5 Å². The van der Waals surface area contributed by atoms with Crippen molar-refractivity contribution < 1.29 is 18.0 Å². The molecule has 6 heteroatoms. The van der Waals surface area contributed by atoms with Gasteiger partial charge < -0.3 is 5.32 Å². The van der Waals surface area contributed by atoms with Crippen LogP contribution in [-0.2, 0) is 4.79 Å². The molecule has 1 saturated carbocycles. The lowest BCUT2D eigenvalue weighted by Gasteiger charge is -2.32. The van der Waals surface area contributed by atoms with Crippen LogP contribution in [0.2, 0.25) is 0 Å². The van der Waals surface area contributed by atoms with Crippen molar-refractivity contribution in [1.29, 1.82) is 0 Å². The highest BCUT2D eigenvalue weighted by molar-refractivity contribution is 6.20. The minimum atomic E-state index is -4.29. The predicted octanol–water partition coefficient (Wildman–Crippen LogP) is 3.88. The second-order valence-corrected chi connectivity index (χ2v) is 5.79. The Bertz CT molecular complexity index is 296. The van der Waals surface area contributed by atoms with Crippen LogP contribution in [-0.4, -0.2) is 24.0 Å². The Balaban J connectivity index is 2.53. The van der Waals surface area contributed by atoms with Gasteiger partial charge in [0.1, 0.15) is 0 Å². The van der Waals surface area contributed by atoms with Crippen molar-refractivity contribution in [3.8, 4) is 0 Å². The van der Waals surface area contributed by atoms with E-state index in [1.165, 1.54) is 0 Å². The minimum Gasteiger partial charge on any atom is -0.354 e. The average molecular weight is 300 g/mol. The van der Waals surface area contributed by atoms with Crippen LogP contribution in [0.1, 0.15) is 45.4 Å². The second-order valence-electron chi connectivity index (χ2n) is 5.17. The predicted molar refractivity (Wildman–Crippen MR) is 69.1 cm³/mol. The second kappa shape index (κ2) is 7.36. The fourth-order valence-electron chi connectivity index (χ4n) is 2.59. The molecule has 0 aromatic carbocycles. The number of amides is 1. The zero-order valence-electron chi connectivity index (χ0n) is 11.1. The molecule has 0 saturated heterocycles. The Morgan fingerprint density at radius 2 is 2.00 bits per heavy atom. The normalized spacial score (nSPS) is 25.9. The summed E-state index contributed by atoms with van der Waals surface area (Å²) in [6.07, 6.45) is -1.05. The van der Waals surface area contributed by atoms with Crippen LogP contribution in [0.25, 0.3) is 0 Å². The molecule has 3 atom stereocenters. The van der Waals surface area contributed by atoms with Gasteiger partial charge in [-0.1, -0.05) is 26.2 Å². The first-order chi connectivity index (χ1) is 8.86. The molecule has 0 aliphatic heterocycles. The highest BCUT2D eigenvalue weighted by atomic mass is 35.5. The molecule has 19 heavy (non-hydrogen) atoms. The van der Waals surface area contributed by atoms with Crippen molar-refractivity contribution in [2.45, 2.75) is 57.0 Å². The lowest BCUT2D eigenvalue weighted by Crippen LogP contribution is -2.43. The van der Waals surface area contributed by atoms with Gasteiger partial charge in [-0.25, -0.2) is 0 Å². The fraction of sp³-hybridized carbons (Fsp3) is 0.923. The fourth-order valence-corrected chi connectivity index (χ4v) is 2.89. The third kappa shape index (κ3) is 5.21. The molecule has 0 aromatic rings. The largest absolute Gasteiger partial charge is 0.392 e. The molecule has 1 aliphatic carbocycles. The molecule has 112 valence electrons. The number of nitrogens with one attached hydrogen (secondary N) is 1. The van der Waals surface area contributed by atoms with Crippen LogP contribution < -0.4 is 5.32 Å². The van der Waals surface area contributed by atoms with Gasteiger partial charge in [-0.2, -0.15) is 13.2 Å². The molecular formula is C13H21ClF3NO. The topological polar surface area (TPSA) is 29.1 Å². The Hall–Kier alpha value is -0.450. The van der Waals surface area contributed by atoms with Crippen molar-refractivity contribution in [2.75, 3.05) is 6.54 Å². The summed E-state index contributed by atoms with van der Waals surface area (Å²) in [7, 11) is 0. The minimum absolute atomic E-state index is 0.0564. The zero-order chi connectivity index (χ0) is 14.5. The Kier molecular flexibility index (Phi) is 6.43. The Morgan fingerprint density at radius 3 is 2.58 bits per heavy atom. The van der Waals surface area contributed by atoms with E-state index in [9.17, 15) is 18.0 Å². The van der Waals surface area contributed by atoms with E-state index in [1.54, 1.807) is 0 Å². The summed E-state index contributed by atoms with van der Waals surface area (Å²) in [6, 6.07) is 0. The maximum atomic E-state index is 12.9. The monoisotopic (exact) mass is 299 g/mol. The first-order valence-electron chi connectivity index (χ1n) is 6.84. The number of hydrogen-bond acceptors (Lipinski definition) is 1. The van der Waals surface area contributed by atoms with E-state index in [4.69, 9.17) is 11.6 Å². The molecular weight excluding hydrogens is 279 g/mol. The molecule has 1 amide bonds. The lowest BCUT2D eigenvalue weighted by atomic mass is 9.78. The van der Waals surface area contributed by atoms with Gasteiger partial charge in [-0.3, -0.25) is 4.79 Å². The molecule has 0 radical (unpaired) electrons. The van der Waals surface area contributed by atoms with Gasteiger partial charge >= 0.3 is 6.18 Å². The van der Waals surface area contributed by atoms with E-state index in [2.05, 4.69) is 5.32 Å². The Morgan fingerprint density at radius 1 is 1.37 bits per heavy atom. The first kappa shape index (κ1) is 16.6. The molecule has 0 bridgehead atoms. The summed E-state index contributed by atoms with van der Waals surface area (Å²) in [4.78, 5) is 11.9. The smallest absolute Gasteiger partial charge is 0.354 e. The first-order valence-corrected chi connectivity index (χ1v) is 7.28. The van der Waals surface area contributed by atoms with E-state index in [0.29, 0.717) is 19.3 Å². The molecule has 1 N–H and O–H groups in total. The molecule has 1 aliphatic rings. The SMILES string of the molecule is CCCC(Cl)CNC(=O)C1CCCCC1C(F)(F)F. The average Bonchev–Trinajstić information content (AvgIpc) is 2.35. The number of halogens is 4. The van der Waals surface area contributed by atoms with E-state index >= 15 is 0 Å². The third-order valence-corrected chi connectivity index (χ3v) is 4.00. The van der Waals surface area contributed by atoms with Crippen LogP contribution in [0.5, 0.6) is 0 Å². The standard InChI is InChI=1S/C13H21ClF3NO/c1-2-5-9(14)8-18-12(19)10-6-3-4-7-11(10)13(15,16)17/h9-11H,2-8H2,1H3,(H,18,19). The van der Waals surface area contributed by atoms with Gasteiger partial charge in [0.2, 0.25) is 5.91 Å². The highest BCUT2D eigenvalue weighted by Crippen LogP contribution is 2.41. The number of rotatable bonds is 5. The van der Waals surface area contributed by atoms with Crippen LogP contribution in [0, 0.1) is 11.8 Å². The van der Waals surface area contributed by atoms with Crippen molar-refractivity contribution in [3.05, 3.63) is 0 Å². The molecule has 3 unspecified atom stereocenters. The van der Waals surface area contributed by atoms with Gasteiger partial charge in [0.15, 0.2) is 0 Å². The maximum absolute atomic E-state index is 12.9. The summed E-state index contributed by atoms with van der Waals surface area (Å²) >= 11 is 5.95. The van der Waals surface area contributed by atoms with Crippen LogP contribution in [0.3, 0.4) is 0 Å². The van der Waals surface area contributed by atoms with Crippen molar-refractivity contribution in [1.82, 2.24) is 5.32 Å². The van der Waals surface area contributed by atoms with Gasteiger partial charge in [0.05, 0.1) is 11.3 Å². The quantitative estimate of drug-likeness (QED) is 0.767. The van der Waals surface area contributed by atoms with Crippen LogP contribution in [0.15, 0.2) is 0 Å². The van der Waals surface area contributed by atoms with Gasteiger partial charge in [0.25, 0.3) is 0 Å². The van der Waals surface area contributed by atoms with E-state index in [-0.39, 0.29) is 18.3 Å². The molecule has 1 fully saturated rings. The lowest BCUT2D eigenvalue weighted by molar-refractivity contribution is -0.198. The van der Waals surface area contributed by atoms with Gasteiger partial charge in [0, 0.05) is 12.5 Å². The summed E-state index contributed by atoms with van der Waals surface area (Å²) in [5.74, 6) is -2.94. The van der Waals surface area contributed by atoms with Gasteiger partial charge in [-0.15, -0.1) is 11.6 Å². The number of carbonyl (C=O) groups excluding carboxylic acids is 1. The van der Waals surface area contributed by atoms with Crippen molar-refractivity contribution in [2.24, 2.45) is 11.8 Å². The molecule has 0 spiro atoms. The zero-order valence-corrected chi connectivity index (χ0v) is 11.9. The van der Waals surface area contributed by atoms with Crippen LogP contribution in [0.4, 0.5) is 13.2 Å². The van der Waals surface area contributed by atoms with E-state index in [1.807, 2.05) is 6.92 Å². The molecule has 2 nitrogen and oxygen atoms in total. The Labute approximate surface area is 117 Å². The summed E-state index contributed by atoms with van der Waals surface area (Å²) < 4.78 is 38.6. The van der Waals surface area contributed by atoms with E-state index in [0.717, 1.165) is 12.8 Å².